The minimum atomic E-state index is -4.88. The van der Waals surface area contributed by atoms with Crippen LogP contribution < -0.4 is 15.0 Å². The fourth-order valence-electron chi connectivity index (χ4n) is 2.50. The Bertz CT molecular complexity index is 1090. The number of alkyl halides is 3. The second kappa shape index (κ2) is 7.52. The van der Waals surface area contributed by atoms with Crippen LogP contribution in [0.4, 0.5) is 13.2 Å². The van der Waals surface area contributed by atoms with Crippen LogP contribution in [-0.2, 0) is 21.2 Å². The van der Waals surface area contributed by atoms with Gasteiger partial charge < -0.3 is 9.72 Å². The first-order valence-corrected chi connectivity index (χ1v) is 9.34. The van der Waals surface area contributed by atoms with E-state index in [4.69, 9.17) is 0 Å². The zero-order valence-corrected chi connectivity index (χ0v) is 14.9. The maximum absolute atomic E-state index is 12.2. The molecular formula is C17H14F3N3O4S. The maximum atomic E-state index is 12.2. The molecule has 0 aliphatic heterocycles. The number of aromatic amines is 1. The summed E-state index contributed by atoms with van der Waals surface area (Å²) < 4.78 is 64.4. The van der Waals surface area contributed by atoms with Gasteiger partial charge in [0.2, 0.25) is 5.91 Å². The molecule has 3 aromatic rings. The van der Waals surface area contributed by atoms with Gasteiger partial charge in [0.25, 0.3) is 10.0 Å². The number of para-hydroxylation sites is 1. The molecule has 11 heteroatoms. The van der Waals surface area contributed by atoms with Crippen molar-refractivity contribution in [1.29, 1.82) is 0 Å². The van der Waals surface area contributed by atoms with E-state index in [0.717, 1.165) is 35.2 Å². The van der Waals surface area contributed by atoms with E-state index in [1.807, 2.05) is 29.1 Å². The van der Waals surface area contributed by atoms with Gasteiger partial charge in [-0.05, 0) is 35.9 Å². The van der Waals surface area contributed by atoms with Gasteiger partial charge in [-0.2, -0.15) is 0 Å². The van der Waals surface area contributed by atoms with Crippen molar-refractivity contribution < 1.29 is 31.1 Å². The molecule has 0 unspecified atom stereocenters. The summed E-state index contributed by atoms with van der Waals surface area (Å²) in [5.74, 6) is -1.17. The number of halogens is 3. The van der Waals surface area contributed by atoms with Crippen LogP contribution in [0.25, 0.3) is 10.9 Å². The largest absolute Gasteiger partial charge is 0.573 e. The summed E-state index contributed by atoms with van der Waals surface area (Å²) in [5, 5.41) is 0.834. The van der Waals surface area contributed by atoms with Crippen LogP contribution in [0, 0.1) is 0 Å². The molecule has 0 bridgehead atoms. The number of amides is 1. The quantitative estimate of drug-likeness (QED) is 0.541. The van der Waals surface area contributed by atoms with Crippen molar-refractivity contribution >= 4 is 26.8 Å². The Balaban J connectivity index is 1.62. The van der Waals surface area contributed by atoms with Gasteiger partial charge in [-0.1, -0.05) is 18.2 Å². The number of hydrogen-bond acceptors (Lipinski definition) is 4. The van der Waals surface area contributed by atoms with E-state index in [1.165, 1.54) is 0 Å². The molecule has 1 aromatic heterocycles. The monoisotopic (exact) mass is 413 g/mol. The lowest BCUT2D eigenvalue weighted by molar-refractivity contribution is -0.274. The molecular weight excluding hydrogens is 399 g/mol. The van der Waals surface area contributed by atoms with E-state index < -0.39 is 28.0 Å². The molecule has 0 fully saturated rings. The maximum Gasteiger partial charge on any atom is 0.573 e. The molecule has 0 saturated heterocycles. The summed E-state index contributed by atoms with van der Waals surface area (Å²) >= 11 is 0. The first-order valence-electron chi connectivity index (χ1n) is 7.85. The number of H-pyrrole nitrogens is 1. The Morgan fingerprint density at radius 3 is 2.43 bits per heavy atom. The summed E-state index contributed by atoms with van der Waals surface area (Å²) in [6.45, 7) is 0. The molecule has 1 heterocycles. The summed E-state index contributed by atoms with van der Waals surface area (Å²) in [5.41, 5.74) is 3.60. The molecule has 0 aliphatic rings. The summed E-state index contributed by atoms with van der Waals surface area (Å²) in [7, 11) is -4.16. The van der Waals surface area contributed by atoms with Crippen molar-refractivity contribution in [3.8, 4) is 5.75 Å². The van der Waals surface area contributed by atoms with Crippen molar-refractivity contribution in [3.63, 3.8) is 0 Å². The molecule has 3 rings (SSSR count). The SMILES string of the molecule is O=C(Cc1c[nH]c2ccccc12)NNS(=O)(=O)c1ccc(OC(F)(F)F)cc1. The van der Waals surface area contributed by atoms with Gasteiger partial charge in [0.1, 0.15) is 5.75 Å². The van der Waals surface area contributed by atoms with Crippen LogP contribution in [0.3, 0.4) is 0 Å². The van der Waals surface area contributed by atoms with Crippen molar-refractivity contribution in [3.05, 3.63) is 60.3 Å². The molecule has 0 atom stereocenters. The van der Waals surface area contributed by atoms with Gasteiger partial charge in [0.05, 0.1) is 11.3 Å². The molecule has 2 aromatic carbocycles. The molecule has 148 valence electrons. The molecule has 0 aliphatic carbocycles. The number of hydrogen-bond donors (Lipinski definition) is 3. The third kappa shape index (κ3) is 4.81. The molecule has 1 amide bonds. The number of carbonyl (C=O) groups excluding carboxylic acids is 1. The van der Waals surface area contributed by atoms with E-state index in [0.29, 0.717) is 5.56 Å². The highest BCUT2D eigenvalue weighted by atomic mass is 32.2. The number of carbonyl (C=O) groups is 1. The first-order chi connectivity index (χ1) is 13.1. The number of rotatable bonds is 6. The molecule has 0 saturated carbocycles. The van der Waals surface area contributed by atoms with Crippen molar-refractivity contribution in [2.75, 3.05) is 0 Å². The highest BCUT2D eigenvalue weighted by Gasteiger charge is 2.31. The molecule has 7 nitrogen and oxygen atoms in total. The van der Waals surface area contributed by atoms with Gasteiger partial charge in [0, 0.05) is 17.1 Å². The zero-order chi connectivity index (χ0) is 20.4. The van der Waals surface area contributed by atoms with Gasteiger partial charge in [-0.3, -0.25) is 10.2 Å². The second-order valence-corrected chi connectivity index (χ2v) is 7.39. The molecule has 28 heavy (non-hydrogen) atoms. The Morgan fingerprint density at radius 1 is 1.07 bits per heavy atom. The van der Waals surface area contributed by atoms with Gasteiger partial charge in [0.15, 0.2) is 0 Å². The van der Waals surface area contributed by atoms with E-state index in [9.17, 15) is 26.4 Å². The third-order valence-corrected chi connectivity index (χ3v) is 4.98. The zero-order valence-electron chi connectivity index (χ0n) is 14.1. The summed E-state index contributed by atoms with van der Waals surface area (Å²) in [4.78, 5) is 16.6. The highest BCUT2D eigenvalue weighted by Crippen LogP contribution is 2.23. The van der Waals surface area contributed by atoms with Crippen LogP contribution in [-0.4, -0.2) is 25.7 Å². The molecule has 0 spiro atoms. The molecule has 0 radical (unpaired) electrons. The fourth-order valence-corrected chi connectivity index (χ4v) is 3.36. The summed E-state index contributed by atoms with van der Waals surface area (Å²) in [6, 6.07) is 10.9. The Labute approximate surface area is 157 Å². The van der Waals surface area contributed by atoms with Gasteiger partial charge >= 0.3 is 6.36 Å². The first kappa shape index (κ1) is 19.7. The minimum absolute atomic E-state index is 0.0785. The lowest BCUT2D eigenvalue weighted by Gasteiger charge is -2.10. The van der Waals surface area contributed by atoms with Crippen LogP contribution in [0.5, 0.6) is 5.75 Å². The Morgan fingerprint density at radius 2 is 1.75 bits per heavy atom. The lowest BCUT2D eigenvalue weighted by atomic mass is 10.1. The number of nitrogens with one attached hydrogen (secondary N) is 3. The van der Waals surface area contributed by atoms with E-state index >= 15 is 0 Å². The highest BCUT2D eigenvalue weighted by molar-refractivity contribution is 7.89. The standard InChI is InChI=1S/C17H14F3N3O4S/c18-17(19,20)27-12-5-7-13(8-6-12)28(25,26)23-22-16(24)9-11-10-21-15-4-2-1-3-14(11)15/h1-8,10,21,23H,9H2,(H,22,24). The van der Waals surface area contributed by atoms with Gasteiger partial charge in [-0.15, -0.1) is 18.0 Å². The van der Waals surface area contributed by atoms with E-state index in [-0.39, 0.29) is 11.3 Å². The Hall–Kier alpha value is -3.05. The van der Waals surface area contributed by atoms with Crippen molar-refractivity contribution in [2.24, 2.45) is 0 Å². The molecule has 3 N–H and O–H groups in total. The predicted octanol–water partition coefficient (Wildman–Crippen LogP) is 2.62. The lowest BCUT2D eigenvalue weighted by Crippen LogP contribution is -2.42. The summed E-state index contributed by atoms with van der Waals surface area (Å²) in [6.07, 6.45) is -3.31. The number of aromatic nitrogens is 1. The van der Waals surface area contributed by atoms with Crippen LogP contribution in [0.15, 0.2) is 59.6 Å². The third-order valence-electron chi connectivity index (χ3n) is 3.72. The number of hydrazine groups is 1. The van der Waals surface area contributed by atoms with Gasteiger partial charge in [-0.25, -0.2) is 8.42 Å². The average molecular weight is 413 g/mol. The van der Waals surface area contributed by atoms with Crippen LogP contribution in [0.1, 0.15) is 5.56 Å². The second-order valence-electron chi connectivity index (χ2n) is 5.71. The normalized spacial score (nSPS) is 12.1. The van der Waals surface area contributed by atoms with E-state index in [1.54, 1.807) is 6.20 Å². The van der Waals surface area contributed by atoms with Crippen LogP contribution in [0.2, 0.25) is 0 Å². The van der Waals surface area contributed by atoms with E-state index in [2.05, 4.69) is 15.1 Å². The number of ether oxygens (including phenoxy) is 1. The fraction of sp³-hybridized carbons (Fsp3) is 0.118. The minimum Gasteiger partial charge on any atom is -0.406 e. The van der Waals surface area contributed by atoms with Crippen molar-refractivity contribution in [1.82, 2.24) is 15.2 Å². The topological polar surface area (TPSA) is 100 Å². The smallest absolute Gasteiger partial charge is 0.406 e. The number of fused-ring (bicyclic) bond motifs is 1. The Kier molecular flexibility index (Phi) is 5.29. The average Bonchev–Trinajstić information content (AvgIpc) is 3.02. The predicted molar refractivity (Wildman–Crippen MR) is 93.6 cm³/mol. The van der Waals surface area contributed by atoms with Crippen molar-refractivity contribution in [2.45, 2.75) is 17.7 Å². The number of benzene rings is 2. The van der Waals surface area contributed by atoms with Crippen LogP contribution >= 0.6 is 0 Å². The number of sulfonamides is 1.